The quantitative estimate of drug-likeness (QED) is 0.745. The molecule has 0 amide bonds. The van der Waals surface area contributed by atoms with Crippen molar-refractivity contribution in [2.75, 3.05) is 19.8 Å². The van der Waals surface area contributed by atoms with Gasteiger partial charge in [0.1, 0.15) is 0 Å². The fourth-order valence-electron chi connectivity index (χ4n) is 1.89. The zero-order chi connectivity index (χ0) is 13.4. The Kier molecular flexibility index (Phi) is 6.94. The number of aliphatic hydroxyl groups is 1. The van der Waals surface area contributed by atoms with E-state index in [0.717, 1.165) is 6.42 Å². The fraction of sp³-hybridized carbons (Fsp3) is 0.600. The Morgan fingerprint density at radius 2 is 1.89 bits per heavy atom. The van der Waals surface area contributed by atoms with Gasteiger partial charge in [0.05, 0.1) is 12.7 Å². The summed E-state index contributed by atoms with van der Waals surface area (Å²) in [6.07, 6.45) is 0.564. The first kappa shape index (κ1) is 15.2. The van der Waals surface area contributed by atoms with E-state index in [1.54, 1.807) is 0 Å². The summed E-state index contributed by atoms with van der Waals surface area (Å²) in [6.45, 7) is 7.77. The Bertz CT molecular complexity index is 324. The molecule has 2 N–H and O–H groups in total. The van der Waals surface area contributed by atoms with Gasteiger partial charge in [-0.2, -0.15) is 0 Å². The van der Waals surface area contributed by atoms with Gasteiger partial charge in [0.15, 0.2) is 0 Å². The first-order chi connectivity index (χ1) is 8.67. The van der Waals surface area contributed by atoms with Crippen molar-refractivity contribution in [3.05, 3.63) is 35.4 Å². The summed E-state index contributed by atoms with van der Waals surface area (Å²) in [4.78, 5) is 0. The number of hydrogen-bond acceptors (Lipinski definition) is 3. The highest BCUT2D eigenvalue weighted by Gasteiger charge is 2.11. The molecule has 2 atom stereocenters. The summed E-state index contributed by atoms with van der Waals surface area (Å²) in [7, 11) is 0. The molecule has 1 aromatic carbocycles. The monoisotopic (exact) mass is 251 g/mol. The molecule has 0 aliphatic carbocycles. The topological polar surface area (TPSA) is 41.5 Å². The Labute approximate surface area is 110 Å². The van der Waals surface area contributed by atoms with Crippen LogP contribution in [0.15, 0.2) is 24.3 Å². The predicted molar refractivity (Wildman–Crippen MR) is 74.7 cm³/mol. The summed E-state index contributed by atoms with van der Waals surface area (Å²) in [5.41, 5.74) is 2.54. The number of aryl methyl sites for hydroxylation is 1. The van der Waals surface area contributed by atoms with Gasteiger partial charge in [-0.1, -0.05) is 36.8 Å². The highest BCUT2D eigenvalue weighted by Crippen LogP contribution is 2.16. The molecular formula is C15H25NO2. The van der Waals surface area contributed by atoms with Gasteiger partial charge in [-0.3, -0.25) is 0 Å². The predicted octanol–water partition coefficient (Wildman–Crippen LogP) is 2.43. The van der Waals surface area contributed by atoms with E-state index in [2.05, 4.69) is 43.4 Å². The lowest BCUT2D eigenvalue weighted by molar-refractivity contribution is 0.0413. The first-order valence-electron chi connectivity index (χ1n) is 6.73. The van der Waals surface area contributed by atoms with E-state index in [9.17, 15) is 5.11 Å². The molecule has 0 saturated heterocycles. The van der Waals surface area contributed by atoms with Crippen molar-refractivity contribution in [1.82, 2.24) is 5.32 Å². The van der Waals surface area contributed by atoms with Gasteiger partial charge in [0.25, 0.3) is 0 Å². The second-order valence-electron chi connectivity index (χ2n) is 4.59. The number of ether oxygens (including phenoxy) is 1. The van der Waals surface area contributed by atoms with Gasteiger partial charge >= 0.3 is 0 Å². The van der Waals surface area contributed by atoms with Crippen molar-refractivity contribution in [2.45, 2.75) is 39.3 Å². The van der Waals surface area contributed by atoms with Gasteiger partial charge in [-0.25, -0.2) is 0 Å². The smallest absolute Gasteiger partial charge is 0.0897 e. The molecular weight excluding hydrogens is 226 g/mol. The average Bonchev–Trinajstić information content (AvgIpc) is 2.39. The molecule has 0 heterocycles. The summed E-state index contributed by atoms with van der Waals surface area (Å²) in [6, 6.07) is 8.82. The third kappa shape index (κ3) is 5.17. The largest absolute Gasteiger partial charge is 0.389 e. The molecule has 0 saturated carbocycles. The van der Waals surface area contributed by atoms with Gasteiger partial charge in [0.2, 0.25) is 0 Å². The SMILES string of the molecule is CCOCC(O)CNC(CC)c1ccc(C)cc1. The molecule has 0 aliphatic heterocycles. The van der Waals surface area contributed by atoms with Gasteiger partial charge in [0, 0.05) is 19.2 Å². The maximum absolute atomic E-state index is 9.73. The molecule has 0 aliphatic rings. The van der Waals surface area contributed by atoms with Crippen molar-refractivity contribution in [1.29, 1.82) is 0 Å². The van der Waals surface area contributed by atoms with Crippen LogP contribution in [0.2, 0.25) is 0 Å². The van der Waals surface area contributed by atoms with Crippen LogP contribution >= 0.6 is 0 Å². The van der Waals surface area contributed by atoms with Crippen LogP contribution in [0.3, 0.4) is 0 Å². The first-order valence-corrected chi connectivity index (χ1v) is 6.73. The number of hydrogen-bond donors (Lipinski definition) is 2. The van der Waals surface area contributed by atoms with Crippen molar-refractivity contribution >= 4 is 0 Å². The minimum absolute atomic E-state index is 0.293. The summed E-state index contributed by atoms with van der Waals surface area (Å²) < 4.78 is 5.19. The summed E-state index contributed by atoms with van der Waals surface area (Å²) in [5, 5.41) is 13.1. The highest BCUT2D eigenvalue weighted by molar-refractivity contribution is 5.24. The van der Waals surface area contributed by atoms with Crippen LogP contribution < -0.4 is 5.32 Å². The highest BCUT2D eigenvalue weighted by atomic mass is 16.5. The third-order valence-electron chi connectivity index (χ3n) is 3.00. The lowest BCUT2D eigenvalue weighted by Crippen LogP contribution is -2.33. The average molecular weight is 251 g/mol. The minimum atomic E-state index is -0.440. The lowest BCUT2D eigenvalue weighted by atomic mass is 10.0. The molecule has 1 rings (SSSR count). The second kappa shape index (κ2) is 8.25. The molecule has 2 unspecified atom stereocenters. The number of nitrogens with one attached hydrogen (secondary N) is 1. The normalized spacial score (nSPS) is 14.4. The molecule has 3 nitrogen and oxygen atoms in total. The fourth-order valence-corrected chi connectivity index (χ4v) is 1.89. The number of aliphatic hydroxyl groups excluding tert-OH is 1. The van der Waals surface area contributed by atoms with Crippen molar-refractivity contribution in [2.24, 2.45) is 0 Å². The maximum Gasteiger partial charge on any atom is 0.0897 e. The molecule has 18 heavy (non-hydrogen) atoms. The Morgan fingerprint density at radius 1 is 1.22 bits per heavy atom. The van der Waals surface area contributed by atoms with E-state index < -0.39 is 6.10 Å². The van der Waals surface area contributed by atoms with Crippen LogP contribution in [-0.2, 0) is 4.74 Å². The van der Waals surface area contributed by atoms with Gasteiger partial charge < -0.3 is 15.2 Å². The van der Waals surface area contributed by atoms with E-state index in [1.165, 1.54) is 11.1 Å². The third-order valence-corrected chi connectivity index (χ3v) is 3.00. The van der Waals surface area contributed by atoms with Crippen LogP contribution in [0.5, 0.6) is 0 Å². The van der Waals surface area contributed by atoms with Crippen LogP contribution in [-0.4, -0.2) is 31.0 Å². The Balaban J connectivity index is 2.44. The Morgan fingerprint density at radius 3 is 2.44 bits per heavy atom. The van der Waals surface area contributed by atoms with Crippen molar-refractivity contribution < 1.29 is 9.84 Å². The van der Waals surface area contributed by atoms with Crippen LogP contribution in [0, 0.1) is 6.92 Å². The van der Waals surface area contributed by atoms with E-state index in [0.29, 0.717) is 25.8 Å². The zero-order valence-corrected chi connectivity index (χ0v) is 11.6. The van der Waals surface area contributed by atoms with E-state index in [1.807, 2.05) is 6.92 Å². The van der Waals surface area contributed by atoms with E-state index >= 15 is 0 Å². The van der Waals surface area contributed by atoms with Gasteiger partial charge in [-0.15, -0.1) is 0 Å². The van der Waals surface area contributed by atoms with E-state index in [-0.39, 0.29) is 0 Å². The van der Waals surface area contributed by atoms with Crippen LogP contribution in [0.25, 0.3) is 0 Å². The standard InChI is InChI=1S/C15H25NO2/c1-4-15(13-8-6-12(3)7-9-13)16-10-14(17)11-18-5-2/h6-9,14-17H,4-5,10-11H2,1-3H3. The minimum Gasteiger partial charge on any atom is -0.389 e. The van der Waals surface area contributed by atoms with Crippen LogP contribution in [0.4, 0.5) is 0 Å². The maximum atomic E-state index is 9.73. The van der Waals surface area contributed by atoms with Gasteiger partial charge in [-0.05, 0) is 25.8 Å². The molecule has 3 heteroatoms. The Hall–Kier alpha value is -0.900. The lowest BCUT2D eigenvalue weighted by Gasteiger charge is -2.20. The number of rotatable bonds is 8. The molecule has 0 radical (unpaired) electrons. The van der Waals surface area contributed by atoms with Crippen LogP contribution in [0.1, 0.15) is 37.4 Å². The van der Waals surface area contributed by atoms with E-state index in [4.69, 9.17) is 4.74 Å². The van der Waals surface area contributed by atoms with Crippen molar-refractivity contribution in [3.63, 3.8) is 0 Å². The molecule has 102 valence electrons. The number of benzene rings is 1. The molecule has 0 bridgehead atoms. The zero-order valence-electron chi connectivity index (χ0n) is 11.6. The molecule has 0 aromatic heterocycles. The molecule has 0 spiro atoms. The second-order valence-corrected chi connectivity index (χ2v) is 4.59. The van der Waals surface area contributed by atoms with Crippen molar-refractivity contribution in [3.8, 4) is 0 Å². The summed E-state index contributed by atoms with van der Waals surface area (Å²) in [5.74, 6) is 0. The molecule has 1 aromatic rings. The molecule has 0 fully saturated rings. The summed E-state index contributed by atoms with van der Waals surface area (Å²) >= 11 is 0.